The molecule has 0 unspecified atom stereocenters. The van der Waals surface area contributed by atoms with Gasteiger partial charge in [-0.15, -0.1) is 0 Å². The van der Waals surface area contributed by atoms with Crippen LogP contribution in [0.1, 0.15) is 10.4 Å². The number of nitrogens with one attached hydrogen (secondary N) is 1. The molecule has 8 nitrogen and oxygen atoms in total. The molecule has 0 spiro atoms. The molecule has 1 N–H and O–H groups in total. The lowest BCUT2D eigenvalue weighted by Crippen LogP contribution is -2.39. The van der Waals surface area contributed by atoms with Crippen LogP contribution in [0.5, 0.6) is 5.75 Å². The van der Waals surface area contributed by atoms with Crippen LogP contribution in [0.3, 0.4) is 0 Å². The Morgan fingerprint density at radius 1 is 1.00 bits per heavy atom. The van der Waals surface area contributed by atoms with E-state index >= 15 is 0 Å². The van der Waals surface area contributed by atoms with E-state index in [1.807, 2.05) is 30.3 Å². The molecule has 0 saturated carbocycles. The summed E-state index contributed by atoms with van der Waals surface area (Å²) in [5.41, 5.74) is 0.163. The fraction of sp³-hybridized carbons (Fsp3) is 0.300. The number of benzene rings is 2. The molecule has 0 aliphatic heterocycles. The van der Waals surface area contributed by atoms with Crippen molar-refractivity contribution >= 4 is 21.8 Å². The van der Waals surface area contributed by atoms with Gasteiger partial charge in [0.05, 0.1) is 18.0 Å². The zero-order valence-electron chi connectivity index (χ0n) is 16.7. The van der Waals surface area contributed by atoms with Crippen molar-refractivity contribution in [1.82, 2.24) is 14.5 Å². The monoisotopic (exact) mass is 419 g/mol. The summed E-state index contributed by atoms with van der Waals surface area (Å²) >= 11 is 0. The first-order chi connectivity index (χ1) is 13.7. The third kappa shape index (κ3) is 6.30. The highest BCUT2D eigenvalue weighted by molar-refractivity contribution is 7.89. The molecule has 0 atom stereocenters. The van der Waals surface area contributed by atoms with Crippen LogP contribution in [0, 0.1) is 0 Å². The Bertz CT molecular complexity index is 946. The molecule has 2 aromatic carbocycles. The lowest BCUT2D eigenvalue weighted by Gasteiger charge is -2.18. The van der Waals surface area contributed by atoms with Crippen molar-refractivity contribution in [3.63, 3.8) is 0 Å². The molecule has 0 heterocycles. The van der Waals surface area contributed by atoms with Gasteiger partial charge in [0.15, 0.2) is 0 Å². The minimum Gasteiger partial charge on any atom is -0.492 e. The summed E-state index contributed by atoms with van der Waals surface area (Å²) in [5.74, 6) is -0.0932. The summed E-state index contributed by atoms with van der Waals surface area (Å²) in [4.78, 5) is 26.0. The average molecular weight is 420 g/mol. The highest BCUT2D eigenvalue weighted by Gasteiger charge is 2.19. The van der Waals surface area contributed by atoms with Gasteiger partial charge in [-0.1, -0.05) is 24.3 Å². The van der Waals surface area contributed by atoms with Gasteiger partial charge in [-0.3, -0.25) is 9.59 Å². The number of rotatable bonds is 9. The van der Waals surface area contributed by atoms with Crippen molar-refractivity contribution in [2.24, 2.45) is 0 Å². The number of carbonyl (C=O) groups excluding carboxylic acids is 2. The Morgan fingerprint density at radius 3 is 2.34 bits per heavy atom. The Labute approximate surface area is 171 Å². The Balaban J connectivity index is 1.86. The number of amides is 2. The molecule has 29 heavy (non-hydrogen) atoms. The molecule has 9 heteroatoms. The predicted molar refractivity (Wildman–Crippen MR) is 109 cm³/mol. The first kappa shape index (κ1) is 22.4. The van der Waals surface area contributed by atoms with Gasteiger partial charge in [0.1, 0.15) is 12.4 Å². The van der Waals surface area contributed by atoms with Crippen LogP contribution in [-0.2, 0) is 14.8 Å². The molecular formula is C20H25N3O5S. The first-order valence-electron chi connectivity index (χ1n) is 8.94. The van der Waals surface area contributed by atoms with E-state index in [1.54, 1.807) is 7.05 Å². The van der Waals surface area contributed by atoms with Crippen LogP contribution in [0.25, 0.3) is 0 Å². The molecule has 0 saturated heterocycles. The second-order valence-corrected chi connectivity index (χ2v) is 8.63. The van der Waals surface area contributed by atoms with Gasteiger partial charge in [-0.2, -0.15) is 0 Å². The Hall–Kier alpha value is -2.91. The molecule has 2 rings (SSSR count). The number of likely N-dealkylation sites (N-methyl/N-ethyl adjacent to an activating group) is 1. The second kappa shape index (κ2) is 10.0. The normalized spacial score (nSPS) is 11.2. The standard InChI is InChI=1S/C20H25N3O5S/c1-22(2)29(26,27)18-11-7-8-16(14-18)20(25)21-15-19(24)23(3)12-13-28-17-9-5-4-6-10-17/h4-11,14H,12-13,15H2,1-3H3,(H,21,25). The number of ether oxygens (including phenoxy) is 1. The highest BCUT2D eigenvalue weighted by Crippen LogP contribution is 2.14. The summed E-state index contributed by atoms with van der Waals surface area (Å²) < 4.78 is 31.0. The van der Waals surface area contributed by atoms with E-state index in [-0.39, 0.29) is 22.9 Å². The number of carbonyl (C=O) groups is 2. The van der Waals surface area contributed by atoms with Crippen molar-refractivity contribution in [3.05, 3.63) is 60.2 Å². The van der Waals surface area contributed by atoms with Crippen LogP contribution < -0.4 is 10.1 Å². The number of para-hydroxylation sites is 1. The van der Waals surface area contributed by atoms with Gasteiger partial charge < -0.3 is 15.0 Å². The number of hydrogen-bond acceptors (Lipinski definition) is 5. The zero-order chi connectivity index (χ0) is 21.4. The number of sulfonamides is 1. The van der Waals surface area contributed by atoms with E-state index in [9.17, 15) is 18.0 Å². The lowest BCUT2D eigenvalue weighted by molar-refractivity contribution is -0.129. The maximum Gasteiger partial charge on any atom is 0.251 e. The van der Waals surface area contributed by atoms with Crippen LogP contribution >= 0.6 is 0 Å². The predicted octanol–water partition coefficient (Wildman–Crippen LogP) is 1.20. The smallest absolute Gasteiger partial charge is 0.251 e. The van der Waals surface area contributed by atoms with Gasteiger partial charge in [0.25, 0.3) is 5.91 Å². The second-order valence-electron chi connectivity index (χ2n) is 6.47. The summed E-state index contributed by atoms with van der Waals surface area (Å²) in [7, 11) is 0.801. The largest absolute Gasteiger partial charge is 0.492 e. The Morgan fingerprint density at radius 2 is 1.69 bits per heavy atom. The van der Waals surface area contributed by atoms with Crippen LogP contribution in [-0.4, -0.2) is 70.3 Å². The molecule has 0 aliphatic rings. The quantitative estimate of drug-likeness (QED) is 0.659. The number of hydrogen-bond donors (Lipinski definition) is 1. The van der Waals surface area contributed by atoms with E-state index in [2.05, 4.69) is 5.32 Å². The molecule has 0 aliphatic carbocycles. The van der Waals surface area contributed by atoms with E-state index in [1.165, 1.54) is 43.3 Å². The van der Waals surface area contributed by atoms with Crippen LogP contribution in [0.4, 0.5) is 0 Å². The highest BCUT2D eigenvalue weighted by atomic mass is 32.2. The van der Waals surface area contributed by atoms with E-state index in [0.29, 0.717) is 18.9 Å². The fourth-order valence-corrected chi connectivity index (χ4v) is 3.29. The van der Waals surface area contributed by atoms with Crippen molar-refractivity contribution in [1.29, 1.82) is 0 Å². The van der Waals surface area contributed by atoms with Crippen molar-refractivity contribution < 1.29 is 22.7 Å². The molecule has 0 bridgehead atoms. The van der Waals surface area contributed by atoms with E-state index in [0.717, 1.165) is 4.31 Å². The van der Waals surface area contributed by atoms with Gasteiger partial charge >= 0.3 is 0 Å². The van der Waals surface area contributed by atoms with Gasteiger partial charge in [0.2, 0.25) is 15.9 Å². The minimum atomic E-state index is -3.65. The third-order valence-electron chi connectivity index (χ3n) is 4.14. The molecule has 156 valence electrons. The number of nitrogens with zero attached hydrogens (tertiary/aromatic N) is 2. The van der Waals surface area contributed by atoms with E-state index < -0.39 is 15.9 Å². The zero-order valence-corrected chi connectivity index (χ0v) is 17.5. The summed E-state index contributed by atoms with van der Waals surface area (Å²) in [5, 5.41) is 2.52. The van der Waals surface area contributed by atoms with Crippen LogP contribution in [0.2, 0.25) is 0 Å². The minimum absolute atomic E-state index is 0.0108. The summed E-state index contributed by atoms with van der Waals surface area (Å²) in [6.45, 7) is 0.482. The van der Waals surface area contributed by atoms with Gasteiger partial charge in [0, 0.05) is 26.7 Å². The summed E-state index contributed by atoms with van der Waals surface area (Å²) in [6.07, 6.45) is 0. The Kier molecular flexibility index (Phi) is 7.74. The molecule has 0 radical (unpaired) electrons. The average Bonchev–Trinajstić information content (AvgIpc) is 2.72. The van der Waals surface area contributed by atoms with Gasteiger partial charge in [-0.25, -0.2) is 12.7 Å². The van der Waals surface area contributed by atoms with Crippen molar-refractivity contribution in [2.75, 3.05) is 40.8 Å². The molecule has 0 fully saturated rings. The SMILES string of the molecule is CN(CCOc1ccccc1)C(=O)CNC(=O)c1cccc(S(=O)(=O)N(C)C)c1. The van der Waals surface area contributed by atoms with E-state index in [4.69, 9.17) is 4.74 Å². The van der Waals surface area contributed by atoms with Gasteiger partial charge in [-0.05, 0) is 30.3 Å². The third-order valence-corrected chi connectivity index (χ3v) is 5.95. The fourth-order valence-electron chi connectivity index (χ4n) is 2.34. The molecule has 2 aromatic rings. The molecule has 2 amide bonds. The maximum absolute atomic E-state index is 12.3. The summed E-state index contributed by atoms with van der Waals surface area (Å²) in [6, 6.07) is 14.9. The first-order valence-corrected chi connectivity index (χ1v) is 10.4. The van der Waals surface area contributed by atoms with Crippen molar-refractivity contribution in [3.8, 4) is 5.75 Å². The topological polar surface area (TPSA) is 96.0 Å². The van der Waals surface area contributed by atoms with Crippen molar-refractivity contribution in [2.45, 2.75) is 4.90 Å². The maximum atomic E-state index is 12.3. The lowest BCUT2D eigenvalue weighted by atomic mass is 10.2. The van der Waals surface area contributed by atoms with Crippen LogP contribution in [0.15, 0.2) is 59.5 Å². The molecule has 0 aromatic heterocycles. The molecular weight excluding hydrogens is 394 g/mol.